The predicted octanol–water partition coefficient (Wildman–Crippen LogP) is 3.84. The fourth-order valence-electron chi connectivity index (χ4n) is 1.51. The largest absolute Gasteiger partial charge is 0.495 e. The lowest BCUT2D eigenvalue weighted by Crippen LogP contribution is -2.02. The minimum Gasteiger partial charge on any atom is -0.495 e. The zero-order valence-electron chi connectivity index (χ0n) is 9.27. The highest BCUT2D eigenvalue weighted by Crippen LogP contribution is 2.25. The summed E-state index contributed by atoms with van der Waals surface area (Å²) in [5.41, 5.74) is 0.625. The van der Waals surface area contributed by atoms with Gasteiger partial charge in [-0.3, -0.25) is 4.79 Å². The maximum Gasteiger partial charge on any atom is 0.168 e. The molecule has 0 N–H and O–H groups in total. The Morgan fingerprint density at radius 1 is 1.41 bits per heavy atom. The molecule has 2 aromatic rings. The van der Waals surface area contributed by atoms with Gasteiger partial charge in [0.2, 0.25) is 0 Å². The molecule has 1 heterocycles. The van der Waals surface area contributed by atoms with Crippen molar-refractivity contribution in [3.05, 3.63) is 51.2 Å². The third-order valence-corrected chi connectivity index (χ3v) is 3.58. The molecule has 0 atom stereocenters. The molecule has 0 radical (unpaired) electrons. The van der Waals surface area contributed by atoms with E-state index in [2.05, 4.69) is 0 Å². The summed E-state index contributed by atoms with van der Waals surface area (Å²) in [6.45, 7) is 0. The first kappa shape index (κ1) is 12.1. The molecule has 0 aliphatic heterocycles. The number of carbonyl (C=O) groups excluding carboxylic acids is 1. The van der Waals surface area contributed by atoms with Gasteiger partial charge in [0.05, 0.1) is 12.1 Å². The number of carbonyl (C=O) groups is 1. The highest BCUT2D eigenvalue weighted by molar-refractivity contribution is 7.10. The molecule has 2 rings (SSSR count). The summed E-state index contributed by atoms with van der Waals surface area (Å²) >= 11 is 7.49. The molecule has 0 saturated heterocycles. The zero-order valence-corrected chi connectivity index (χ0v) is 10.8. The lowest BCUT2D eigenvalue weighted by molar-refractivity contribution is 0.0993. The summed E-state index contributed by atoms with van der Waals surface area (Å²) in [5, 5.41) is 2.48. The highest BCUT2D eigenvalue weighted by Gasteiger charge is 2.10. The van der Waals surface area contributed by atoms with Crippen LogP contribution < -0.4 is 4.74 Å². The van der Waals surface area contributed by atoms with Gasteiger partial charge >= 0.3 is 0 Å². The summed E-state index contributed by atoms with van der Waals surface area (Å²) in [5.74, 6) is 0.603. The zero-order chi connectivity index (χ0) is 12.3. The molecule has 17 heavy (non-hydrogen) atoms. The molecule has 0 amide bonds. The summed E-state index contributed by atoms with van der Waals surface area (Å²) in [7, 11) is 1.54. The van der Waals surface area contributed by atoms with Crippen molar-refractivity contribution in [2.45, 2.75) is 6.42 Å². The van der Waals surface area contributed by atoms with E-state index in [9.17, 15) is 4.79 Å². The normalized spacial score (nSPS) is 10.2. The van der Waals surface area contributed by atoms with Crippen molar-refractivity contribution >= 4 is 28.7 Å². The molecule has 0 aliphatic rings. The molecule has 0 bridgehead atoms. The Kier molecular flexibility index (Phi) is 3.82. The van der Waals surface area contributed by atoms with Crippen LogP contribution in [0.4, 0.5) is 0 Å². The monoisotopic (exact) mass is 266 g/mol. The molecule has 1 aromatic carbocycles. The fourth-order valence-corrected chi connectivity index (χ4v) is 2.40. The second-order valence-electron chi connectivity index (χ2n) is 3.53. The van der Waals surface area contributed by atoms with E-state index in [1.165, 1.54) is 7.11 Å². The van der Waals surface area contributed by atoms with Crippen LogP contribution >= 0.6 is 22.9 Å². The molecule has 4 heteroatoms. The van der Waals surface area contributed by atoms with Crippen molar-refractivity contribution in [3.63, 3.8) is 0 Å². The van der Waals surface area contributed by atoms with Gasteiger partial charge < -0.3 is 4.74 Å². The number of benzene rings is 1. The summed E-state index contributed by atoms with van der Waals surface area (Å²) in [4.78, 5) is 13.1. The minimum absolute atomic E-state index is 0.0717. The van der Waals surface area contributed by atoms with Crippen LogP contribution in [0.1, 0.15) is 15.2 Å². The quantitative estimate of drug-likeness (QED) is 0.786. The van der Waals surface area contributed by atoms with Gasteiger partial charge in [-0.15, -0.1) is 11.3 Å². The first-order chi connectivity index (χ1) is 8.20. The third-order valence-electron chi connectivity index (χ3n) is 2.39. The van der Waals surface area contributed by atoms with Gasteiger partial charge in [-0.05, 0) is 29.6 Å². The van der Waals surface area contributed by atoms with Gasteiger partial charge in [-0.1, -0.05) is 17.7 Å². The van der Waals surface area contributed by atoms with E-state index in [0.717, 1.165) is 4.88 Å². The predicted molar refractivity (Wildman–Crippen MR) is 70.4 cm³/mol. The number of hydrogen-bond acceptors (Lipinski definition) is 3. The standard InChI is InChI=1S/C13H11ClO2S/c1-16-13-7-9(4-5-11(13)14)12(15)8-10-3-2-6-17-10/h2-7H,8H2,1H3. The molecule has 1 aromatic heterocycles. The van der Waals surface area contributed by atoms with Crippen molar-refractivity contribution in [1.29, 1.82) is 0 Å². The van der Waals surface area contributed by atoms with Gasteiger partial charge in [-0.25, -0.2) is 0 Å². The number of ether oxygens (including phenoxy) is 1. The van der Waals surface area contributed by atoms with Crippen LogP contribution in [0.3, 0.4) is 0 Å². The Hall–Kier alpha value is -1.32. The van der Waals surface area contributed by atoms with E-state index >= 15 is 0 Å². The van der Waals surface area contributed by atoms with Gasteiger partial charge in [0.1, 0.15) is 5.75 Å². The van der Waals surface area contributed by atoms with Gasteiger partial charge in [0.15, 0.2) is 5.78 Å². The molecular weight excluding hydrogens is 256 g/mol. The molecule has 0 fully saturated rings. The van der Waals surface area contributed by atoms with Crippen LogP contribution in [0.15, 0.2) is 35.7 Å². The highest BCUT2D eigenvalue weighted by atomic mass is 35.5. The first-order valence-electron chi connectivity index (χ1n) is 5.10. The van der Waals surface area contributed by atoms with Gasteiger partial charge in [0.25, 0.3) is 0 Å². The van der Waals surface area contributed by atoms with Crippen molar-refractivity contribution in [2.24, 2.45) is 0 Å². The molecule has 2 nitrogen and oxygen atoms in total. The summed E-state index contributed by atoms with van der Waals surface area (Å²) in [6, 6.07) is 8.98. The number of halogens is 1. The molecule has 0 unspecified atom stereocenters. The van der Waals surface area contributed by atoms with Crippen LogP contribution in [0.25, 0.3) is 0 Å². The van der Waals surface area contributed by atoms with E-state index in [0.29, 0.717) is 22.8 Å². The van der Waals surface area contributed by atoms with Gasteiger partial charge in [-0.2, -0.15) is 0 Å². The van der Waals surface area contributed by atoms with Crippen LogP contribution in [0.5, 0.6) is 5.75 Å². The maximum absolute atomic E-state index is 12.0. The first-order valence-corrected chi connectivity index (χ1v) is 6.35. The lowest BCUT2D eigenvalue weighted by atomic mass is 10.1. The Morgan fingerprint density at radius 3 is 2.88 bits per heavy atom. The van der Waals surface area contributed by atoms with Gasteiger partial charge in [0, 0.05) is 16.9 Å². The summed E-state index contributed by atoms with van der Waals surface area (Å²) in [6.07, 6.45) is 0.419. The lowest BCUT2D eigenvalue weighted by Gasteiger charge is -2.05. The van der Waals surface area contributed by atoms with E-state index in [-0.39, 0.29) is 5.78 Å². The smallest absolute Gasteiger partial charge is 0.168 e. The average molecular weight is 267 g/mol. The topological polar surface area (TPSA) is 26.3 Å². The third kappa shape index (κ3) is 2.87. The SMILES string of the molecule is COc1cc(C(=O)Cc2cccs2)ccc1Cl. The number of hydrogen-bond donors (Lipinski definition) is 0. The Morgan fingerprint density at radius 2 is 2.24 bits per heavy atom. The Bertz CT molecular complexity index is 520. The van der Waals surface area contributed by atoms with Crippen molar-refractivity contribution < 1.29 is 9.53 Å². The second kappa shape index (κ2) is 5.34. The van der Waals surface area contributed by atoms with Crippen molar-refractivity contribution in [3.8, 4) is 5.75 Å². The van der Waals surface area contributed by atoms with E-state index in [1.807, 2.05) is 17.5 Å². The Labute approximate surface area is 109 Å². The van der Waals surface area contributed by atoms with Crippen molar-refractivity contribution in [2.75, 3.05) is 7.11 Å². The molecule has 0 saturated carbocycles. The molecule has 88 valence electrons. The van der Waals surface area contributed by atoms with Crippen LogP contribution in [0, 0.1) is 0 Å². The van der Waals surface area contributed by atoms with E-state index in [4.69, 9.17) is 16.3 Å². The average Bonchev–Trinajstić information content (AvgIpc) is 2.82. The summed E-state index contributed by atoms with van der Waals surface area (Å²) < 4.78 is 5.09. The molecule has 0 spiro atoms. The van der Waals surface area contributed by atoms with E-state index < -0.39 is 0 Å². The number of rotatable bonds is 4. The van der Waals surface area contributed by atoms with Crippen LogP contribution in [-0.4, -0.2) is 12.9 Å². The number of thiophene rings is 1. The molecule has 0 aliphatic carbocycles. The number of methoxy groups -OCH3 is 1. The second-order valence-corrected chi connectivity index (χ2v) is 4.97. The fraction of sp³-hybridized carbons (Fsp3) is 0.154. The van der Waals surface area contributed by atoms with Crippen LogP contribution in [0.2, 0.25) is 5.02 Å². The molecular formula is C13H11ClO2S. The number of Topliss-reactive ketones (excluding diaryl/α,β-unsaturated/α-hetero) is 1. The van der Waals surface area contributed by atoms with Crippen LogP contribution in [-0.2, 0) is 6.42 Å². The number of ketones is 1. The maximum atomic E-state index is 12.0. The minimum atomic E-state index is 0.0717. The van der Waals surface area contributed by atoms with Crippen molar-refractivity contribution in [1.82, 2.24) is 0 Å². The van der Waals surface area contributed by atoms with E-state index in [1.54, 1.807) is 29.5 Å². The Balaban J connectivity index is 2.19.